The SMILES string of the molecule is BC1CCC(c2ccc(-c3ccc(-c4ccccc4)cc3F)cc2)CC1. The van der Waals surface area contributed by atoms with Gasteiger partial charge in [-0.15, -0.1) is 0 Å². The first-order valence-electron chi connectivity index (χ1n) is 9.66. The van der Waals surface area contributed by atoms with Crippen molar-refractivity contribution in [3.8, 4) is 22.3 Å². The maximum Gasteiger partial charge on any atom is 0.131 e. The van der Waals surface area contributed by atoms with Gasteiger partial charge in [0.1, 0.15) is 13.7 Å². The monoisotopic (exact) mass is 342 g/mol. The molecule has 0 amide bonds. The number of benzene rings is 3. The first kappa shape index (κ1) is 17.1. The summed E-state index contributed by atoms with van der Waals surface area (Å²) < 4.78 is 14.7. The number of hydrogen-bond acceptors (Lipinski definition) is 0. The van der Waals surface area contributed by atoms with Crippen molar-refractivity contribution in [2.45, 2.75) is 37.4 Å². The molecule has 26 heavy (non-hydrogen) atoms. The topological polar surface area (TPSA) is 0 Å². The molecule has 0 bridgehead atoms. The van der Waals surface area contributed by atoms with Crippen molar-refractivity contribution in [3.63, 3.8) is 0 Å². The van der Waals surface area contributed by atoms with E-state index in [1.807, 2.05) is 42.5 Å². The number of hydrogen-bond donors (Lipinski definition) is 0. The highest BCUT2D eigenvalue weighted by atomic mass is 19.1. The summed E-state index contributed by atoms with van der Waals surface area (Å²) >= 11 is 0. The van der Waals surface area contributed by atoms with E-state index in [0.717, 1.165) is 22.5 Å². The van der Waals surface area contributed by atoms with Crippen LogP contribution >= 0.6 is 0 Å². The highest BCUT2D eigenvalue weighted by molar-refractivity contribution is 6.11. The van der Waals surface area contributed by atoms with Crippen LogP contribution in [0.5, 0.6) is 0 Å². The molecule has 2 heteroatoms. The minimum Gasteiger partial charge on any atom is -0.206 e. The highest BCUT2D eigenvalue weighted by Crippen LogP contribution is 2.38. The molecule has 130 valence electrons. The van der Waals surface area contributed by atoms with Crippen molar-refractivity contribution in [1.82, 2.24) is 0 Å². The Balaban J connectivity index is 1.56. The maximum atomic E-state index is 14.7. The lowest BCUT2D eigenvalue weighted by Gasteiger charge is -2.26. The number of halogens is 1. The molecule has 0 unspecified atom stereocenters. The molecule has 3 aromatic rings. The standard InChI is InChI=1S/C24H24BF/c25-22-13-10-19(11-14-22)18-6-8-20(9-7-18)23-15-12-21(16-24(23)26)17-4-2-1-3-5-17/h1-9,12,15-16,19,22H,10-11,13-14,25H2. The van der Waals surface area contributed by atoms with E-state index in [2.05, 4.69) is 32.1 Å². The summed E-state index contributed by atoms with van der Waals surface area (Å²) in [6.07, 6.45) is 5.20. The highest BCUT2D eigenvalue weighted by Gasteiger charge is 2.19. The Kier molecular flexibility index (Phi) is 4.92. The molecular weight excluding hydrogens is 318 g/mol. The van der Waals surface area contributed by atoms with Crippen LogP contribution in [0.4, 0.5) is 4.39 Å². The molecule has 0 radical (unpaired) electrons. The van der Waals surface area contributed by atoms with Crippen LogP contribution in [0, 0.1) is 5.82 Å². The quantitative estimate of drug-likeness (QED) is 0.494. The maximum absolute atomic E-state index is 14.7. The minimum absolute atomic E-state index is 0.161. The zero-order chi connectivity index (χ0) is 17.9. The lowest BCUT2D eigenvalue weighted by atomic mass is 9.70. The second-order valence-corrected chi connectivity index (χ2v) is 7.64. The molecule has 1 saturated carbocycles. The van der Waals surface area contributed by atoms with E-state index in [-0.39, 0.29) is 5.82 Å². The summed E-state index contributed by atoms with van der Waals surface area (Å²) in [5.41, 5.74) is 4.99. The lowest BCUT2D eigenvalue weighted by molar-refractivity contribution is 0.444. The van der Waals surface area contributed by atoms with Crippen LogP contribution in [-0.4, -0.2) is 7.85 Å². The zero-order valence-electron chi connectivity index (χ0n) is 15.3. The average molecular weight is 342 g/mol. The van der Waals surface area contributed by atoms with Crippen LogP contribution in [0.15, 0.2) is 72.8 Å². The van der Waals surface area contributed by atoms with Gasteiger partial charge in [0, 0.05) is 5.56 Å². The average Bonchev–Trinajstić information content (AvgIpc) is 2.69. The number of rotatable bonds is 3. The molecule has 3 aromatic carbocycles. The van der Waals surface area contributed by atoms with Gasteiger partial charge in [-0.25, -0.2) is 4.39 Å². The van der Waals surface area contributed by atoms with Gasteiger partial charge in [-0.3, -0.25) is 0 Å². The van der Waals surface area contributed by atoms with Gasteiger partial charge in [0.15, 0.2) is 0 Å². The molecule has 1 aliphatic carbocycles. The van der Waals surface area contributed by atoms with Gasteiger partial charge in [0.2, 0.25) is 0 Å². The van der Waals surface area contributed by atoms with Crippen molar-refractivity contribution >= 4 is 7.85 Å². The molecule has 4 rings (SSSR count). The van der Waals surface area contributed by atoms with E-state index in [4.69, 9.17) is 0 Å². The smallest absolute Gasteiger partial charge is 0.131 e. The molecule has 0 aliphatic heterocycles. The molecule has 0 N–H and O–H groups in total. The molecule has 0 heterocycles. The largest absolute Gasteiger partial charge is 0.206 e. The molecule has 1 aliphatic rings. The molecule has 0 saturated heterocycles. The molecule has 0 spiro atoms. The van der Waals surface area contributed by atoms with Crippen molar-refractivity contribution < 1.29 is 4.39 Å². The van der Waals surface area contributed by atoms with E-state index in [1.54, 1.807) is 6.07 Å². The zero-order valence-corrected chi connectivity index (χ0v) is 15.3. The Labute approximate surface area is 156 Å². The summed E-state index contributed by atoms with van der Waals surface area (Å²) in [6.45, 7) is 0. The van der Waals surface area contributed by atoms with Gasteiger partial charge in [-0.1, -0.05) is 85.4 Å². The third kappa shape index (κ3) is 3.60. The lowest BCUT2D eigenvalue weighted by Crippen LogP contribution is -2.09. The Hall–Kier alpha value is -2.35. The second-order valence-electron chi connectivity index (χ2n) is 7.64. The van der Waals surface area contributed by atoms with Crippen LogP contribution in [-0.2, 0) is 0 Å². The summed E-state index contributed by atoms with van der Waals surface area (Å²) in [5.74, 6) is 1.37. The van der Waals surface area contributed by atoms with Crippen molar-refractivity contribution in [2.24, 2.45) is 0 Å². The Morgan fingerprint density at radius 2 is 1.35 bits per heavy atom. The third-order valence-electron chi connectivity index (χ3n) is 5.79. The summed E-state index contributed by atoms with van der Waals surface area (Å²) in [6, 6.07) is 24.0. The van der Waals surface area contributed by atoms with Gasteiger partial charge < -0.3 is 0 Å². The van der Waals surface area contributed by atoms with Gasteiger partial charge in [0.05, 0.1) is 0 Å². The van der Waals surface area contributed by atoms with Crippen molar-refractivity contribution in [3.05, 3.63) is 84.2 Å². The van der Waals surface area contributed by atoms with Crippen LogP contribution in [0.1, 0.15) is 37.2 Å². The van der Waals surface area contributed by atoms with Crippen molar-refractivity contribution in [1.29, 1.82) is 0 Å². The molecule has 0 aromatic heterocycles. The molecular formula is C24H24BF. The Morgan fingerprint density at radius 3 is 2.00 bits per heavy atom. The van der Waals surface area contributed by atoms with Crippen LogP contribution in [0.3, 0.4) is 0 Å². The first-order chi connectivity index (χ1) is 12.7. The predicted molar refractivity (Wildman–Crippen MR) is 111 cm³/mol. The fraction of sp³-hybridized carbons (Fsp3) is 0.250. The Morgan fingerprint density at radius 1 is 0.692 bits per heavy atom. The normalized spacial score (nSPS) is 20.0. The van der Waals surface area contributed by atoms with Crippen LogP contribution < -0.4 is 0 Å². The predicted octanol–water partition coefficient (Wildman–Crippen LogP) is 6.24. The van der Waals surface area contributed by atoms with Gasteiger partial charge >= 0.3 is 0 Å². The second kappa shape index (κ2) is 7.49. The molecule has 0 atom stereocenters. The van der Waals surface area contributed by atoms with Crippen LogP contribution in [0.25, 0.3) is 22.3 Å². The van der Waals surface area contributed by atoms with Gasteiger partial charge in [-0.2, -0.15) is 0 Å². The van der Waals surface area contributed by atoms with Gasteiger partial charge in [-0.05, 0) is 47.1 Å². The van der Waals surface area contributed by atoms with E-state index < -0.39 is 0 Å². The molecule has 1 fully saturated rings. The van der Waals surface area contributed by atoms with Crippen LogP contribution in [0.2, 0.25) is 5.82 Å². The Bertz CT molecular complexity index is 862. The van der Waals surface area contributed by atoms with E-state index in [0.29, 0.717) is 11.5 Å². The van der Waals surface area contributed by atoms with E-state index in [1.165, 1.54) is 31.2 Å². The summed E-state index contributed by atoms with van der Waals surface area (Å²) in [5, 5.41) is 0. The van der Waals surface area contributed by atoms with E-state index in [9.17, 15) is 4.39 Å². The molecule has 0 nitrogen and oxygen atoms in total. The van der Waals surface area contributed by atoms with Crippen molar-refractivity contribution in [2.75, 3.05) is 0 Å². The van der Waals surface area contributed by atoms with E-state index >= 15 is 0 Å². The first-order valence-corrected chi connectivity index (χ1v) is 9.66. The summed E-state index contributed by atoms with van der Waals surface area (Å²) in [4.78, 5) is 0. The fourth-order valence-corrected chi connectivity index (χ4v) is 4.09. The third-order valence-corrected chi connectivity index (χ3v) is 5.79. The fourth-order valence-electron chi connectivity index (χ4n) is 4.09. The van der Waals surface area contributed by atoms with Gasteiger partial charge in [0.25, 0.3) is 0 Å². The minimum atomic E-state index is -0.161. The summed E-state index contributed by atoms with van der Waals surface area (Å²) in [7, 11) is 2.35.